The Kier molecular flexibility index (Phi) is 4.37. The molecule has 1 fully saturated rings. The molecule has 0 aromatic heterocycles. The fraction of sp³-hybridized carbons (Fsp3) is 0.643. The van der Waals surface area contributed by atoms with Gasteiger partial charge >= 0.3 is 0 Å². The molecule has 0 saturated carbocycles. The molecule has 1 atom stereocenters. The molecule has 20 heavy (non-hydrogen) atoms. The van der Waals surface area contributed by atoms with Crippen LogP contribution in [-0.4, -0.2) is 36.7 Å². The quantitative estimate of drug-likeness (QED) is 0.832. The molecule has 1 saturated heterocycles. The van der Waals surface area contributed by atoms with Crippen LogP contribution in [-0.2, 0) is 4.79 Å². The van der Waals surface area contributed by atoms with Crippen molar-refractivity contribution in [2.24, 2.45) is 11.3 Å². The standard InChI is InChI=1S/C14H18N4OS/c1-3-20-13-11(9-16)14(4-6-18(2)7-5-14)10(8-15)12(19)17-13/h10H,3-7H2,1-2H3,(H,17,19). The second kappa shape index (κ2) is 5.87. The Morgan fingerprint density at radius 1 is 1.45 bits per heavy atom. The van der Waals surface area contributed by atoms with Crippen molar-refractivity contribution in [1.82, 2.24) is 10.2 Å². The Balaban J connectivity index is 2.51. The molecule has 2 rings (SSSR count). The van der Waals surface area contributed by atoms with Crippen LogP contribution in [0.3, 0.4) is 0 Å². The molecular formula is C14H18N4OS. The molecule has 2 aliphatic heterocycles. The number of likely N-dealkylation sites (tertiary alicyclic amines) is 1. The molecule has 106 valence electrons. The zero-order valence-corrected chi connectivity index (χ0v) is 12.6. The first-order valence-corrected chi connectivity index (χ1v) is 7.74. The SMILES string of the molecule is CCSC1=C(C#N)C2(CCN(C)CC2)C(C#N)C(=O)N1. The Labute approximate surface area is 123 Å². The molecule has 0 radical (unpaired) electrons. The third-order valence-corrected chi connectivity index (χ3v) is 5.07. The summed E-state index contributed by atoms with van der Waals surface area (Å²) in [5, 5.41) is 22.4. The molecule has 2 heterocycles. The monoisotopic (exact) mass is 290 g/mol. The third-order valence-electron chi connectivity index (χ3n) is 4.19. The minimum atomic E-state index is -0.757. The summed E-state index contributed by atoms with van der Waals surface area (Å²) in [6.45, 7) is 3.60. The number of hydrogen-bond acceptors (Lipinski definition) is 5. The molecule has 0 aliphatic carbocycles. The maximum atomic E-state index is 12.2. The molecule has 1 unspecified atom stereocenters. The van der Waals surface area contributed by atoms with Gasteiger partial charge in [0.2, 0.25) is 5.91 Å². The number of hydrogen-bond donors (Lipinski definition) is 1. The van der Waals surface area contributed by atoms with Crippen LogP contribution in [0.2, 0.25) is 0 Å². The minimum absolute atomic E-state index is 0.257. The molecule has 0 bridgehead atoms. The highest BCUT2D eigenvalue weighted by molar-refractivity contribution is 8.03. The van der Waals surface area contributed by atoms with E-state index in [4.69, 9.17) is 0 Å². The van der Waals surface area contributed by atoms with E-state index in [-0.39, 0.29) is 5.91 Å². The number of nitrogens with zero attached hydrogens (tertiary/aromatic N) is 3. The highest BCUT2D eigenvalue weighted by Gasteiger charge is 2.52. The number of rotatable bonds is 2. The maximum absolute atomic E-state index is 12.2. The van der Waals surface area contributed by atoms with Crippen molar-refractivity contribution in [3.05, 3.63) is 10.6 Å². The van der Waals surface area contributed by atoms with E-state index in [0.717, 1.165) is 18.8 Å². The van der Waals surface area contributed by atoms with Crippen LogP contribution < -0.4 is 5.32 Å². The molecular weight excluding hydrogens is 272 g/mol. The molecule has 0 aromatic rings. The van der Waals surface area contributed by atoms with Gasteiger partial charge in [0.15, 0.2) is 0 Å². The third kappa shape index (κ3) is 2.30. The van der Waals surface area contributed by atoms with Gasteiger partial charge in [0.05, 0.1) is 22.7 Å². The first kappa shape index (κ1) is 14.9. The molecule has 2 aliphatic rings. The van der Waals surface area contributed by atoms with E-state index in [1.807, 2.05) is 14.0 Å². The molecule has 5 nitrogen and oxygen atoms in total. The average Bonchev–Trinajstić information content (AvgIpc) is 2.43. The van der Waals surface area contributed by atoms with Gasteiger partial charge in [-0.1, -0.05) is 6.92 Å². The second-order valence-electron chi connectivity index (χ2n) is 5.26. The van der Waals surface area contributed by atoms with E-state index in [0.29, 0.717) is 23.4 Å². The van der Waals surface area contributed by atoms with Gasteiger partial charge in [-0.25, -0.2) is 0 Å². The van der Waals surface area contributed by atoms with Gasteiger partial charge in [-0.3, -0.25) is 4.79 Å². The summed E-state index contributed by atoms with van der Waals surface area (Å²) in [5.74, 6) is -0.229. The van der Waals surface area contributed by atoms with Crippen LogP contribution in [0.4, 0.5) is 0 Å². The first-order valence-electron chi connectivity index (χ1n) is 6.75. The number of thioether (sulfide) groups is 1. The summed E-state index contributed by atoms with van der Waals surface area (Å²) in [4.78, 5) is 14.4. The van der Waals surface area contributed by atoms with Crippen molar-refractivity contribution in [1.29, 1.82) is 10.5 Å². The zero-order valence-electron chi connectivity index (χ0n) is 11.8. The van der Waals surface area contributed by atoms with E-state index < -0.39 is 11.3 Å². The summed E-state index contributed by atoms with van der Waals surface area (Å²) >= 11 is 1.47. The first-order chi connectivity index (χ1) is 9.58. The Morgan fingerprint density at radius 2 is 2.10 bits per heavy atom. The van der Waals surface area contributed by atoms with E-state index >= 15 is 0 Å². The molecule has 1 spiro atoms. The van der Waals surface area contributed by atoms with Crippen molar-refractivity contribution in [2.45, 2.75) is 19.8 Å². The van der Waals surface area contributed by atoms with E-state index in [2.05, 4.69) is 22.4 Å². The lowest BCUT2D eigenvalue weighted by Crippen LogP contribution is -2.52. The van der Waals surface area contributed by atoms with Crippen LogP contribution in [0.15, 0.2) is 10.6 Å². The van der Waals surface area contributed by atoms with Crippen molar-refractivity contribution >= 4 is 17.7 Å². The fourth-order valence-electron chi connectivity index (χ4n) is 3.02. The topological polar surface area (TPSA) is 79.9 Å². The fourth-order valence-corrected chi connectivity index (χ4v) is 3.88. The summed E-state index contributed by atoms with van der Waals surface area (Å²) in [6.07, 6.45) is 1.37. The largest absolute Gasteiger partial charge is 0.319 e. The normalized spacial score (nSPS) is 26.0. The minimum Gasteiger partial charge on any atom is -0.319 e. The predicted octanol–water partition coefficient (Wildman–Crippen LogP) is 1.46. The van der Waals surface area contributed by atoms with Crippen molar-refractivity contribution in [2.75, 3.05) is 25.9 Å². The second-order valence-corrected chi connectivity index (χ2v) is 6.53. The van der Waals surface area contributed by atoms with Gasteiger partial charge in [0, 0.05) is 5.41 Å². The lowest BCUT2D eigenvalue weighted by atomic mass is 9.63. The number of amides is 1. The van der Waals surface area contributed by atoms with Gasteiger partial charge in [-0.05, 0) is 38.7 Å². The van der Waals surface area contributed by atoms with Crippen molar-refractivity contribution in [3.8, 4) is 12.1 Å². The van der Waals surface area contributed by atoms with Crippen molar-refractivity contribution < 1.29 is 4.79 Å². The van der Waals surface area contributed by atoms with Gasteiger partial charge in [0.1, 0.15) is 5.92 Å². The number of allylic oxidation sites excluding steroid dienone is 1. The Bertz CT molecular complexity index is 520. The molecule has 1 N–H and O–H groups in total. The molecule has 0 aromatic carbocycles. The molecule has 1 amide bonds. The Morgan fingerprint density at radius 3 is 2.60 bits per heavy atom. The smallest absolute Gasteiger partial charge is 0.243 e. The highest BCUT2D eigenvalue weighted by Crippen LogP contribution is 2.49. The number of piperidine rings is 1. The van der Waals surface area contributed by atoms with Gasteiger partial charge < -0.3 is 10.2 Å². The Hall–Kier alpha value is -1.50. The molecule has 6 heteroatoms. The van der Waals surface area contributed by atoms with Crippen LogP contribution in [0, 0.1) is 34.0 Å². The van der Waals surface area contributed by atoms with Gasteiger partial charge in [0.25, 0.3) is 0 Å². The number of carbonyl (C=O) groups is 1. The zero-order chi connectivity index (χ0) is 14.8. The van der Waals surface area contributed by atoms with E-state index in [1.54, 1.807) is 0 Å². The van der Waals surface area contributed by atoms with Crippen LogP contribution >= 0.6 is 11.8 Å². The van der Waals surface area contributed by atoms with Gasteiger partial charge in [-0.15, -0.1) is 11.8 Å². The maximum Gasteiger partial charge on any atom is 0.243 e. The van der Waals surface area contributed by atoms with E-state index in [9.17, 15) is 15.3 Å². The predicted molar refractivity (Wildman–Crippen MR) is 77.2 cm³/mol. The van der Waals surface area contributed by atoms with Crippen LogP contribution in [0.1, 0.15) is 19.8 Å². The summed E-state index contributed by atoms with van der Waals surface area (Å²) in [6, 6.07) is 4.40. The van der Waals surface area contributed by atoms with Crippen LogP contribution in [0.25, 0.3) is 0 Å². The lowest BCUT2D eigenvalue weighted by Gasteiger charge is -2.45. The number of carbonyl (C=O) groups excluding carboxylic acids is 1. The summed E-state index contributed by atoms with van der Waals surface area (Å²) in [5.41, 5.74) is -0.000787. The van der Waals surface area contributed by atoms with E-state index in [1.165, 1.54) is 11.8 Å². The lowest BCUT2D eigenvalue weighted by molar-refractivity contribution is -0.127. The van der Waals surface area contributed by atoms with Crippen LogP contribution in [0.5, 0.6) is 0 Å². The van der Waals surface area contributed by atoms with Gasteiger partial charge in [-0.2, -0.15) is 10.5 Å². The van der Waals surface area contributed by atoms with Crippen molar-refractivity contribution in [3.63, 3.8) is 0 Å². The summed E-state index contributed by atoms with van der Waals surface area (Å²) in [7, 11) is 2.02. The number of nitriles is 2. The number of nitrogens with one attached hydrogen (secondary N) is 1. The summed E-state index contributed by atoms with van der Waals surface area (Å²) < 4.78 is 0. The average molecular weight is 290 g/mol. The highest BCUT2D eigenvalue weighted by atomic mass is 32.2.